The van der Waals surface area contributed by atoms with E-state index < -0.39 is 11.7 Å². The van der Waals surface area contributed by atoms with Gasteiger partial charge in [0.1, 0.15) is 0 Å². The lowest BCUT2D eigenvalue weighted by atomic mass is 10.1. The van der Waals surface area contributed by atoms with Gasteiger partial charge in [-0.2, -0.15) is 13.2 Å². The van der Waals surface area contributed by atoms with Crippen LogP contribution in [0.1, 0.15) is 5.56 Å². The van der Waals surface area contributed by atoms with Crippen LogP contribution in [-0.2, 0) is 10.9 Å². The van der Waals surface area contributed by atoms with Gasteiger partial charge in [0, 0.05) is 26.7 Å². The number of fused-ring (bicyclic) bond motifs is 1. The Balaban J connectivity index is 2.40. The Morgan fingerprint density at radius 2 is 2.17 bits per heavy atom. The van der Waals surface area contributed by atoms with Gasteiger partial charge in [-0.1, -0.05) is 6.07 Å². The summed E-state index contributed by atoms with van der Waals surface area (Å²) < 4.78 is 43.9. The second-order valence-electron chi connectivity index (χ2n) is 4.11. The number of benzene rings is 1. The van der Waals surface area contributed by atoms with Crippen LogP contribution in [0.15, 0.2) is 18.2 Å². The summed E-state index contributed by atoms with van der Waals surface area (Å²) in [7, 11) is 1.54. The predicted molar refractivity (Wildman–Crippen MR) is 64.0 cm³/mol. The van der Waals surface area contributed by atoms with Crippen LogP contribution in [0.2, 0.25) is 0 Å². The van der Waals surface area contributed by atoms with Crippen LogP contribution in [0.3, 0.4) is 0 Å². The lowest BCUT2D eigenvalue weighted by Gasteiger charge is -2.34. The van der Waals surface area contributed by atoms with E-state index in [-0.39, 0.29) is 5.69 Å². The average molecular weight is 260 g/mol. The number of nitrogens with one attached hydrogen (secondary N) is 1. The van der Waals surface area contributed by atoms with Crippen LogP contribution < -0.4 is 10.2 Å². The van der Waals surface area contributed by atoms with E-state index in [9.17, 15) is 13.2 Å². The van der Waals surface area contributed by atoms with E-state index in [4.69, 9.17) is 4.74 Å². The van der Waals surface area contributed by atoms with Gasteiger partial charge >= 0.3 is 6.18 Å². The van der Waals surface area contributed by atoms with Gasteiger partial charge in [0.2, 0.25) is 0 Å². The minimum atomic E-state index is -4.34. The van der Waals surface area contributed by atoms with Crippen molar-refractivity contribution in [3.63, 3.8) is 0 Å². The maximum atomic E-state index is 13.0. The van der Waals surface area contributed by atoms with Crippen molar-refractivity contribution in [2.24, 2.45) is 0 Å². The van der Waals surface area contributed by atoms with Gasteiger partial charge in [-0.3, -0.25) is 0 Å². The Kier molecular flexibility index (Phi) is 3.65. The molecule has 1 N–H and O–H groups in total. The number of hydrogen-bond donors (Lipinski definition) is 1. The number of hydrogen-bond acceptors (Lipinski definition) is 3. The van der Waals surface area contributed by atoms with E-state index in [1.807, 2.05) is 0 Å². The van der Waals surface area contributed by atoms with Crippen molar-refractivity contribution in [1.29, 1.82) is 0 Å². The lowest BCUT2D eigenvalue weighted by molar-refractivity contribution is -0.137. The molecule has 0 unspecified atom stereocenters. The fourth-order valence-electron chi connectivity index (χ4n) is 2.12. The summed E-state index contributed by atoms with van der Waals surface area (Å²) in [6.45, 7) is 2.05. The van der Waals surface area contributed by atoms with Crippen LogP contribution in [0.4, 0.5) is 24.5 Å². The second kappa shape index (κ2) is 5.06. The van der Waals surface area contributed by atoms with E-state index >= 15 is 0 Å². The van der Waals surface area contributed by atoms with Gasteiger partial charge in [-0.15, -0.1) is 0 Å². The molecule has 6 heteroatoms. The number of rotatable bonds is 3. The third-order valence-corrected chi connectivity index (χ3v) is 2.92. The van der Waals surface area contributed by atoms with E-state index in [1.165, 1.54) is 6.07 Å². The van der Waals surface area contributed by atoms with E-state index in [0.29, 0.717) is 31.9 Å². The number of halogens is 3. The molecule has 1 aromatic rings. The molecule has 18 heavy (non-hydrogen) atoms. The summed E-state index contributed by atoms with van der Waals surface area (Å²) in [4.78, 5) is 1.72. The Labute approximate surface area is 104 Å². The molecule has 1 aromatic carbocycles. The highest BCUT2D eigenvalue weighted by Gasteiger charge is 2.36. The highest BCUT2D eigenvalue weighted by Crippen LogP contribution is 2.41. The third-order valence-electron chi connectivity index (χ3n) is 2.92. The SMILES string of the molecule is COCCN1CCNc2cccc(C(F)(F)F)c21. The average Bonchev–Trinajstić information content (AvgIpc) is 2.34. The van der Waals surface area contributed by atoms with Gasteiger partial charge in [0.05, 0.1) is 23.5 Å². The summed E-state index contributed by atoms with van der Waals surface area (Å²) in [6, 6.07) is 4.21. The normalized spacial score (nSPS) is 15.2. The summed E-state index contributed by atoms with van der Waals surface area (Å²) in [5.41, 5.74) is 0.170. The largest absolute Gasteiger partial charge is 0.418 e. The lowest BCUT2D eigenvalue weighted by Crippen LogP contribution is -2.37. The molecule has 1 aliphatic rings. The van der Waals surface area contributed by atoms with E-state index in [2.05, 4.69) is 5.32 Å². The van der Waals surface area contributed by atoms with Crippen molar-refractivity contribution >= 4 is 11.4 Å². The highest BCUT2D eigenvalue weighted by atomic mass is 19.4. The Morgan fingerprint density at radius 3 is 2.83 bits per heavy atom. The fourth-order valence-corrected chi connectivity index (χ4v) is 2.12. The quantitative estimate of drug-likeness (QED) is 0.904. The van der Waals surface area contributed by atoms with Crippen molar-refractivity contribution in [2.75, 3.05) is 43.6 Å². The van der Waals surface area contributed by atoms with Crippen molar-refractivity contribution in [1.82, 2.24) is 0 Å². The first-order chi connectivity index (χ1) is 8.54. The number of anilines is 2. The Hall–Kier alpha value is -1.43. The summed E-state index contributed by atoms with van der Waals surface area (Å²) in [5, 5.41) is 3.00. The van der Waals surface area contributed by atoms with E-state index in [1.54, 1.807) is 18.1 Å². The zero-order chi connectivity index (χ0) is 13.2. The molecule has 1 heterocycles. The van der Waals surface area contributed by atoms with Crippen LogP contribution in [0, 0.1) is 0 Å². The summed E-state index contributed by atoms with van der Waals surface area (Å²) >= 11 is 0. The zero-order valence-corrected chi connectivity index (χ0v) is 10.0. The molecule has 0 bridgehead atoms. The number of methoxy groups -OCH3 is 1. The monoisotopic (exact) mass is 260 g/mol. The van der Waals surface area contributed by atoms with Crippen LogP contribution in [-0.4, -0.2) is 33.4 Å². The van der Waals surface area contributed by atoms with Crippen molar-refractivity contribution in [3.05, 3.63) is 23.8 Å². The van der Waals surface area contributed by atoms with Crippen LogP contribution >= 0.6 is 0 Å². The van der Waals surface area contributed by atoms with Gasteiger partial charge < -0.3 is 15.0 Å². The molecule has 0 spiro atoms. The Bertz CT molecular complexity index is 420. The fraction of sp³-hybridized carbons (Fsp3) is 0.500. The number of alkyl halides is 3. The molecule has 3 nitrogen and oxygen atoms in total. The predicted octanol–water partition coefficient (Wildman–Crippen LogP) is 2.58. The smallest absolute Gasteiger partial charge is 0.383 e. The van der Waals surface area contributed by atoms with Gasteiger partial charge in [-0.05, 0) is 12.1 Å². The zero-order valence-electron chi connectivity index (χ0n) is 10.0. The Morgan fingerprint density at radius 1 is 1.39 bits per heavy atom. The molecule has 2 rings (SSSR count). The molecule has 0 saturated heterocycles. The van der Waals surface area contributed by atoms with Gasteiger partial charge in [0.15, 0.2) is 0 Å². The molecule has 0 saturated carbocycles. The second-order valence-corrected chi connectivity index (χ2v) is 4.11. The first kappa shape index (κ1) is 13.0. The molecule has 0 aliphatic carbocycles. The van der Waals surface area contributed by atoms with Crippen molar-refractivity contribution < 1.29 is 17.9 Å². The van der Waals surface area contributed by atoms with E-state index in [0.717, 1.165) is 6.07 Å². The maximum absolute atomic E-state index is 13.0. The van der Waals surface area contributed by atoms with Gasteiger partial charge in [-0.25, -0.2) is 0 Å². The number of para-hydroxylation sites is 1. The number of nitrogens with zero attached hydrogens (tertiary/aromatic N) is 1. The standard InChI is InChI=1S/C12H15F3N2O/c1-18-8-7-17-6-5-16-10-4-2-3-9(11(10)17)12(13,14)15/h2-4,16H,5-8H2,1H3. The molecule has 1 aliphatic heterocycles. The first-order valence-corrected chi connectivity index (χ1v) is 5.72. The molecule has 0 amide bonds. The molecular formula is C12H15F3N2O. The maximum Gasteiger partial charge on any atom is 0.418 e. The van der Waals surface area contributed by atoms with Crippen LogP contribution in [0.5, 0.6) is 0 Å². The van der Waals surface area contributed by atoms with Crippen molar-refractivity contribution in [3.8, 4) is 0 Å². The van der Waals surface area contributed by atoms with Gasteiger partial charge in [0.25, 0.3) is 0 Å². The van der Waals surface area contributed by atoms with Crippen LogP contribution in [0.25, 0.3) is 0 Å². The minimum absolute atomic E-state index is 0.230. The molecule has 0 radical (unpaired) electrons. The molecule has 100 valence electrons. The molecule has 0 aromatic heterocycles. The first-order valence-electron chi connectivity index (χ1n) is 5.72. The van der Waals surface area contributed by atoms with Crippen molar-refractivity contribution in [2.45, 2.75) is 6.18 Å². The molecule has 0 fully saturated rings. The summed E-state index contributed by atoms with van der Waals surface area (Å²) in [5.74, 6) is 0. The topological polar surface area (TPSA) is 24.5 Å². The summed E-state index contributed by atoms with van der Waals surface area (Å²) in [6.07, 6.45) is -4.34. The third kappa shape index (κ3) is 2.53. The number of ether oxygens (including phenoxy) is 1. The highest BCUT2D eigenvalue weighted by molar-refractivity contribution is 5.76. The molecular weight excluding hydrogens is 245 g/mol. The minimum Gasteiger partial charge on any atom is -0.383 e. The molecule has 0 atom stereocenters.